The second kappa shape index (κ2) is 4.24. The van der Waals surface area contributed by atoms with Crippen LogP contribution in [-0.4, -0.2) is 30.3 Å². The molecule has 60 valence electrons. The van der Waals surface area contributed by atoms with Gasteiger partial charge in [-0.15, -0.1) is 0 Å². The molecule has 4 nitrogen and oxygen atoms in total. The summed E-state index contributed by atoms with van der Waals surface area (Å²) in [4.78, 5) is 10.5. The smallest absolute Gasteiger partial charge is 0.308 e. The van der Waals surface area contributed by atoms with Gasteiger partial charge in [0.1, 0.15) is 0 Å². The monoisotopic (exact) mass is 147 g/mol. The van der Waals surface area contributed by atoms with E-state index in [1.54, 1.807) is 6.92 Å². The standard InChI is InChI=1S/C6H13NO3/c1-4(7)5(8)3-6(9)10-2/h4-5,8H,3,7H2,1-2H3. The number of nitrogens with two attached hydrogens (primary N) is 1. The number of methoxy groups -OCH3 is 1. The molecule has 2 unspecified atom stereocenters. The Labute approximate surface area is 60.0 Å². The van der Waals surface area contributed by atoms with Crippen LogP contribution < -0.4 is 5.73 Å². The Morgan fingerprint density at radius 2 is 2.30 bits per heavy atom. The molecule has 0 aliphatic rings. The van der Waals surface area contributed by atoms with Crippen LogP contribution in [0.1, 0.15) is 13.3 Å². The second-order valence-electron chi connectivity index (χ2n) is 2.21. The lowest BCUT2D eigenvalue weighted by molar-refractivity contribution is -0.143. The molecule has 0 heterocycles. The molecule has 3 N–H and O–H groups in total. The van der Waals surface area contributed by atoms with Crippen molar-refractivity contribution >= 4 is 5.97 Å². The fourth-order valence-electron chi connectivity index (χ4n) is 0.440. The van der Waals surface area contributed by atoms with Gasteiger partial charge in [-0.1, -0.05) is 0 Å². The molecule has 0 saturated heterocycles. The molecule has 0 fully saturated rings. The number of ether oxygens (including phenoxy) is 1. The number of esters is 1. The minimum absolute atomic E-state index is 0.0336. The van der Waals surface area contributed by atoms with Crippen LogP contribution in [0.5, 0.6) is 0 Å². The van der Waals surface area contributed by atoms with E-state index in [-0.39, 0.29) is 12.5 Å². The van der Waals surface area contributed by atoms with Crippen molar-refractivity contribution in [1.82, 2.24) is 0 Å². The summed E-state index contributed by atoms with van der Waals surface area (Å²) in [7, 11) is 1.27. The van der Waals surface area contributed by atoms with E-state index in [0.717, 1.165) is 0 Å². The minimum Gasteiger partial charge on any atom is -0.469 e. The van der Waals surface area contributed by atoms with Crippen molar-refractivity contribution in [3.8, 4) is 0 Å². The third kappa shape index (κ3) is 3.42. The fourth-order valence-corrected chi connectivity index (χ4v) is 0.440. The number of rotatable bonds is 3. The van der Waals surface area contributed by atoms with Gasteiger partial charge in [0.2, 0.25) is 0 Å². The van der Waals surface area contributed by atoms with Crippen molar-refractivity contribution in [2.45, 2.75) is 25.5 Å². The summed E-state index contributed by atoms with van der Waals surface area (Å²) in [6, 6.07) is -0.390. The molecule has 0 amide bonds. The first-order valence-corrected chi connectivity index (χ1v) is 3.08. The average molecular weight is 147 g/mol. The number of aliphatic hydroxyl groups excluding tert-OH is 1. The number of hydrogen-bond acceptors (Lipinski definition) is 4. The van der Waals surface area contributed by atoms with E-state index in [4.69, 9.17) is 10.8 Å². The summed E-state index contributed by atoms with van der Waals surface area (Å²) in [5.41, 5.74) is 5.28. The van der Waals surface area contributed by atoms with Gasteiger partial charge >= 0.3 is 5.97 Å². The predicted octanol–water partition coefficient (Wildman–Crippen LogP) is -0.742. The Kier molecular flexibility index (Phi) is 3.99. The Bertz CT molecular complexity index is 114. The molecule has 0 aromatic rings. The molecule has 4 heteroatoms. The molecule has 0 rings (SSSR count). The quantitative estimate of drug-likeness (QED) is 0.515. The van der Waals surface area contributed by atoms with Crippen molar-refractivity contribution in [3.05, 3.63) is 0 Å². The zero-order valence-electron chi connectivity index (χ0n) is 6.20. The number of hydrogen-bond donors (Lipinski definition) is 2. The molecule has 10 heavy (non-hydrogen) atoms. The highest BCUT2D eigenvalue weighted by molar-refractivity contribution is 5.69. The average Bonchev–Trinajstić information content (AvgIpc) is 1.87. The first-order chi connectivity index (χ1) is 4.57. The van der Waals surface area contributed by atoms with Gasteiger partial charge in [-0.05, 0) is 6.92 Å². The number of carbonyl (C=O) groups excluding carboxylic acids is 1. The van der Waals surface area contributed by atoms with E-state index < -0.39 is 12.1 Å². The van der Waals surface area contributed by atoms with Gasteiger partial charge in [0, 0.05) is 6.04 Å². The van der Waals surface area contributed by atoms with Crippen molar-refractivity contribution < 1.29 is 14.6 Å². The Morgan fingerprint density at radius 1 is 1.80 bits per heavy atom. The maximum atomic E-state index is 10.5. The van der Waals surface area contributed by atoms with Crippen LogP contribution in [0.2, 0.25) is 0 Å². The first kappa shape index (κ1) is 9.39. The van der Waals surface area contributed by atoms with Gasteiger partial charge in [-0.2, -0.15) is 0 Å². The molecule has 0 bridgehead atoms. The molecule has 0 aromatic heterocycles. The van der Waals surface area contributed by atoms with Crippen LogP contribution in [0, 0.1) is 0 Å². The van der Waals surface area contributed by atoms with Crippen LogP contribution in [0.25, 0.3) is 0 Å². The summed E-state index contributed by atoms with van der Waals surface area (Å²) < 4.78 is 4.32. The Morgan fingerprint density at radius 3 is 2.60 bits per heavy atom. The second-order valence-corrected chi connectivity index (χ2v) is 2.21. The van der Waals surface area contributed by atoms with Crippen LogP contribution in [0.4, 0.5) is 0 Å². The van der Waals surface area contributed by atoms with Gasteiger partial charge in [0.05, 0.1) is 19.6 Å². The third-order valence-electron chi connectivity index (χ3n) is 1.21. The van der Waals surface area contributed by atoms with Crippen LogP contribution >= 0.6 is 0 Å². The zero-order chi connectivity index (χ0) is 8.15. The molecular formula is C6H13NO3. The summed E-state index contributed by atoms with van der Waals surface area (Å²) in [6.45, 7) is 1.63. The highest BCUT2D eigenvalue weighted by Gasteiger charge is 2.14. The van der Waals surface area contributed by atoms with Crippen molar-refractivity contribution in [3.63, 3.8) is 0 Å². The van der Waals surface area contributed by atoms with Crippen LogP contribution in [0.3, 0.4) is 0 Å². The van der Waals surface area contributed by atoms with Gasteiger partial charge in [-0.3, -0.25) is 4.79 Å². The number of carbonyl (C=O) groups is 1. The summed E-state index contributed by atoms with van der Waals surface area (Å²) >= 11 is 0. The van der Waals surface area contributed by atoms with Crippen LogP contribution in [0.15, 0.2) is 0 Å². The predicted molar refractivity (Wildman–Crippen MR) is 36.3 cm³/mol. The summed E-state index contributed by atoms with van der Waals surface area (Å²) in [6.07, 6.45) is -0.832. The molecule has 0 saturated carbocycles. The van der Waals surface area contributed by atoms with Crippen molar-refractivity contribution in [1.29, 1.82) is 0 Å². The molecule has 0 aliphatic carbocycles. The highest BCUT2D eigenvalue weighted by atomic mass is 16.5. The lowest BCUT2D eigenvalue weighted by Crippen LogP contribution is -2.33. The van der Waals surface area contributed by atoms with E-state index in [2.05, 4.69) is 4.74 Å². The Hall–Kier alpha value is -0.610. The topological polar surface area (TPSA) is 72.5 Å². The molecule has 0 spiro atoms. The third-order valence-corrected chi connectivity index (χ3v) is 1.21. The normalized spacial score (nSPS) is 16.0. The molecular weight excluding hydrogens is 134 g/mol. The lowest BCUT2D eigenvalue weighted by Gasteiger charge is -2.11. The van der Waals surface area contributed by atoms with Gasteiger partial charge in [-0.25, -0.2) is 0 Å². The SMILES string of the molecule is COC(=O)CC(O)C(C)N. The van der Waals surface area contributed by atoms with E-state index in [1.807, 2.05) is 0 Å². The summed E-state index contributed by atoms with van der Waals surface area (Å²) in [5, 5.41) is 9.00. The van der Waals surface area contributed by atoms with Crippen LogP contribution in [-0.2, 0) is 9.53 Å². The van der Waals surface area contributed by atoms with Crippen molar-refractivity contribution in [2.75, 3.05) is 7.11 Å². The van der Waals surface area contributed by atoms with Gasteiger partial charge in [0.25, 0.3) is 0 Å². The lowest BCUT2D eigenvalue weighted by atomic mass is 10.1. The minimum atomic E-state index is -0.799. The maximum absolute atomic E-state index is 10.5. The maximum Gasteiger partial charge on any atom is 0.308 e. The highest BCUT2D eigenvalue weighted by Crippen LogP contribution is 1.96. The first-order valence-electron chi connectivity index (χ1n) is 3.08. The molecule has 0 radical (unpaired) electrons. The molecule has 0 aliphatic heterocycles. The van der Waals surface area contributed by atoms with E-state index in [1.165, 1.54) is 7.11 Å². The van der Waals surface area contributed by atoms with Gasteiger partial charge in [0.15, 0.2) is 0 Å². The largest absolute Gasteiger partial charge is 0.469 e. The van der Waals surface area contributed by atoms with Crippen molar-refractivity contribution in [2.24, 2.45) is 5.73 Å². The molecule has 2 atom stereocenters. The van der Waals surface area contributed by atoms with Gasteiger partial charge < -0.3 is 15.6 Å². The van der Waals surface area contributed by atoms with E-state index in [9.17, 15) is 4.79 Å². The van der Waals surface area contributed by atoms with E-state index in [0.29, 0.717) is 0 Å². The summed E-state index contributed by atoms with van der Waals surface area (Å²) in [5.74, 6) is -0.440. The fraction of sp³-hybridized carbons (Fsp3) is 0.833. The number of aliphatic hydroxyl groups is 1. The van der Waals surface area contributed by atoms with E-state index >= 15 is 0 Å². The zero-order valence-corrected chi connectivity index (χ0v) is 6.20. The Balaban J connectivity index is 3.57. The molecule has 0 aromatic carbocycles.